The number of rotatable bonds is 4. The summed E-state index contributed by atoms with van der Waals surface area (Å²) < 4.78 is 9.75. The summed E-state index contributed by atoms with van der Waals surface area (Å²) in [5, 5.41) is 0. The first kappa shape index (κ1) is 9.52. The normalized spacial score (nSPS) is 22.1. The van der Waals surface area contributed by atoms with E-state index in [1.165, 1.54) is 7.11 Å². The van der Waals surface area contributed by atoms with Crippen LogP contribution in [0.25, 0.3) is 0 Å². The highest BCUT2D eigenvalue weighted by molar-refractivity contribution is 5.69. The largest absolute Gasteiger partial charge is 0.469 e. The highest BCUT2D eigenvalue weighted by Gasteiger charge is 2.39. The van der Waals surface area contributed by atoms with Crippen molar-refractivity contribution in [2.45, 2.75) is 32.8 Å². The molecule has 0 radical (unpaired) electrons. The van der Waals surface area contributed by atoms with Gasteiger partial charge in [0.25, 0.3) is 0 Å². The molecule has 0 saturated carbocycles. The summed E-state index contributed by atoms with van der Waals surface area (Å²) in [6.45, 7) is 5.08. The van der Waals surface area contributed by atoms with Crippen LogP contribution in [-0.2, 0) is 14.3 Å². The molecule has 1 aliphatic heterocycles. The van der Waals surface area contributed by atoms with Gasteiger partial charge in [0.1, 0.15) is 0 Å². The fourth-order valence-electron chi connectivity index (χ4n) is 1.19. The fraction of sp³-hybridized carbons (Fsp3) is 0.889. The van der Waals surface area contributed by atoms with E-state index >= 15 is 0 Å². The zero-order valence-electron chi connectivity index (χ0n) is 7.92. The Bertz CT molecular complexity index is 171. The summed E-state index contributed by atoms with van der Waals surface area (Å²) in [4.78, 5) is 10.8. The Balaban J connectivity index is 2.24. The van der Waals surface area contributed by atoms with Crippen molar-refractivity contribution in [1.82, 2.24) is 0 Å². The maximum absolute atomic E-state index is 10.8. The van der Waals surface area contributed by atoms with Gasteiger partial charge in [-0.1, -0.05) is 13.8 Å². The number of ether oxygens (including phenoxy) is 2. The molecule has 1 aliphatic rings. The zero-order valence-corrected chi connectivity index (χ0v) is 7.92. The first-order valence-corrected chi connectivity index (χ1v) is 4.24. The van der Waals surface area contributed by atoms with Crippen LogP contribution < -0.4 is 0 Å². The van der Waals surface area contributed by atoms with Gasteiger partial charge in [-0.25, -0.2) is 0 Å². The maximum Gasteiger partial charge on any atom is 0.305 e. The third-order valence-electron chi connectivity index (χ3n) is 2.41. The molecule has 1 unspecified atom stereocenters. The van der Waals surface area contributed by atoms with Crippen molar-refractivity contribution in [2.75, 3.05) is 13.7 Å². The van der Waals surface area contributed by atoms with Gasteiger partial charge >= 0.3 is 5.97 Å². The molecule has 1 atom stereocenters. The Morgan fingerprint density at radius 3 is 2.67 bits per heavy atom. The van der Waals surface area contributed by atoms with E-state index in [0.29, 0.717) is 12.5 Å². The third kappa shape index (κ3) is 2.48. The minimum atomic E-state index is -0.135. The van der Waals surface area contributed by atoms with Gasteiger partial charge in [-0.15, -0.1) is 0 Å². The van der Waals surface area contributed by atoms with Gasteiger partial charge < -0.3 is 9.47 Å². The second-order valence-corrected chi connectivity index (χ2v) is 3.89. The Morgan fingerprint density at radius 1 is 1.67 bits per heavy atom. The number of methoxy groups -OCH3 is 1. The minimum absolute atomic E-state index is 0.119. The van der Waals surface area contributed by atoms with Crippen molar-refractivity contribution in [2.24, 2.45) is 5.41 Å². The molecule has 0 N–H and O–H groups in total. The van der Waals surface area contributed by atoms with Crippen molar-refractivity contribution in [3.63, 3.8) is 0 Å². The summed E-state index contributed by atoms with van der Waals surface area (Å²) in [5.74, 6) is -0.135. The SMILES string of the molecule is COC(=O)CCC(C)(C)C1CO1. The second-order valence-electron chi connectivity index (χ2n) is 3.89. The molecule has 3 heteroatoms. The summed E-state index contributed by atoms with van der Waals surface area (Å²) in [6.07, 6.45) is 1.68. The lowest BCUT2D eigenvalue weighted by Crippen LogP contribution is -2.20. The molecule has 0 aromatic carbocycles. The Kier molecular flexibility index (Phi) is 2.73. The molecule has 0 aromatic rings. The van der Waals surface area contributed by atoms with Crippen LogP contribution in [0.3, 0.4) is 0 Å². The average molecular weight is 172 g/mol. The van der Waals surface area contributed by atoms with Gasteiger partial charge in [0, 0.05) is 6.42 Å². The first-order valence-electron chi connectivity index (χ1n) is 4.24. The van der Waals surface area contributed by atoms with Crippen LogP contribution in [0.15, 0.2) is 0 Å². The number of esters is 1. The first-order chi connectivity index (χ1) is 5.56. The molecule has 12 heavy (non-hydrogen) atoms. The van der Waals surface area contributed by atoms with E-state index in [0.717, 1.165) is 13.0 Å². The number of hydrogen-bond acceptors (Lipinski definition) is 3. The highest BCUT2D eigenvalue weighted by atomic mass is 16.6. The topological polar surface area (TPSA) is 38.8 Å². The summed E-state index contributed by atoms with van der Waals surface area (Å²) in [5.41, 5.74) is 0.119. The van der Waals surface area contributed by atoms with Crippen LogP contribution in [0.1, 0.15) is 26.7 Å². The fourth-order valence-corrected chi connectivity index (χ4v) is 1.19. The number of hydrogen-bond donors (Lipinski definition) is 0. The standard InChI is InChI=1S/C9H16O3/c1-9(2,7-6-12-7)5-4-8(10)11-3/h7H,4-6H2,1-3H3. The number of epoxide rings is 1. The average Bonchev–Trinajstić information content (AvgIpc) is 2.82. The van der Waals surface area contributed by atoms with Crippen LogP contribution in [0.4, 0.5) is 0 Å². The summed E-state index contributed by atoms with van der Waals surface area (Å²) >= 11 is 0. The van der Waals surface area contributed by atoms with Crippen molar-refractivity contribution in [3.8, 4) is 0 Å². The zero-order chi connectivity index (χ0) is 9.19. The molecule has 0 amide bonds. The second kappa shape index (κ2) is 3.44. The Hall–Kier alpha value is -0.570. The monoisotopic (exact) mass is 172 g/mol. The molecule has 3 nitrogen and oxygen atoms in total. The van der Waals surface area contributed by atoms with Crippen molar-refractivity contribution in [3.05, 3.63) is 0 Å². The molecular formula is C9H16O3. The minimum Gasteiger partial charge on any atom is -0.469 e. The Morgan fingerprint density at radius 2 is 2.25 bits per heavy atom. The smallest absolute Gasteiger partial charge is 0.305 e. The Labute approximate surface area is 73.0 Å². The van der Waals surface area contributed by atoms with Crippen LogP contribution in [0, 0.1) is 5.41 Å². The lowest BCUT2D eigenvalue weighted by atomic mass is 9.84. The maximum atomic E-state index is 10.8. The quantitative estimate of drug-likeness (QED) is 0.475. The van der Waals surface area contributed by atoms with Gasteiger partial charge in [0.2, 0.25) is 0 Å². The molecule has 70 valence electrons. The molecule has 1 saturated heterocycles. The van der Waals surface area contributed by atoms with E-state index in [9.17, 15) is 4.79 Å². The third-order valence-corrected chi connectivity index (χ3v) is 2.41. The van der Waals surface area contributed by atoms with E-state index in [4.69, 9.17) is 4.74 Å². The van der Waals surface area contributed by atoms with E-state index in [2.05, 4.69) is 18.6 Å². The van der Waals surface area contributed by atoms with Crippen molar-refractivity contribution < 1.29 is 14.3 Å². The molecule has 1 rings (SSSR count). The van der Waals surface area contributed by atoms with Gasteiger partial charge in [0.15, 0.2) is 0 Å². The van der Waals surface area contributed by atoms with E-state index in [1.807, 2.05) is 0 Å². The molecule has 0 aliphatic carbocycles. The van der Waals surface area contributed by atoms with Gasteiger partial charge in [-0.2, -0.15) is 0 Å². The predicted octanol–water partition coefficient (Wildman–Crippen LogP) is 1.36. The van der Waals surface area contributed by atoms with Gasteiger partial charge in [-0.3, -0.25) is 4.79 Å². The van der Waals surface area contributed by atoms with Crippen molar-refractivity contribution in [1.29, 1.82) is 0 Å². The van der Waals surface area contributed by atoms with E-state index in [1.54, 1.807) is 0 Å². The van der Waals surface area contributed by atoms with Crippen LogP contribution >= 0.6 is 0 Å². The lowest BCUT2D eigenvalue weighted by Gasteiger charge is -2.20. The highest BCUT2D eigenvalue weighted by Crippen LogP contribution is 2.36. The van der Waals surface area contributed by atoms with Gasteiger partial charge in [-0.05, 0) is 11.8 Å². The van der Waals surface area contributed by atoms with Crippen LogP contribution in [0.2, 0.25) is 0 Å². The molecule has 0 aromatic heterocycles. The number of carbonyl (C=O) groups excluding carboxylic acids is 1. The summed E-state index contributed by atoms with van der Waals surface area (Å²) in [7, 11) is 1.42. The van der Waals surface area contributed by atoms with Crippen molar-refractivity contribution >= 4 is 5.97 Å². The van der Waals surface area contributed by atoms with Gasteiger partial charge in [0.05, 0.1) is 19.8 Å². The van der Waals surface area contributed by atoms with E-state index in [-0.39, 0.29) is 11.4 Å². The predicted molar refractivity (Wildman–Crippen MR) is 44.8 cm³/mol. The summed E-state index contributed by atoms with van der Waals surface area (Å²) in [6, 6.07) is 0. The molecule has 0 spiro atoms. The van der Waals surface area contributed by atoms with Crippen LogP contribution in [0.5, 0.6) is 0 Å². The number of carbonyl (C=O) groups is 1. The van der Waals surface area contributed by atoms with Crippen LogP contribution in [-0.4, -0.2) is 25.8 Å². The molecule has 1 fully saturated rings. The molecule has 0 bridgehead atoms. The molecular weight excluding hydrogens is 156 g/mol. The lowest BCUT2D eigenvalue weighted by molar-refractivity contribution is -0.141. The molecule has 1 heterocycles. The van der Waals surface area contributed by atoms with E-state index < -0.39 is 0 Å².